The Hall–Kier alpha value is -0.930. The smallest absolute Gasteiger partial charge is 0.204 e. The van der Waals surface area contributed by atoms with Crippen LogP contribution >= 0.6 is 28.3 Å². The molecule has 0 atom stereocenters. The van der Waals surface area contributed by atoms with Crippen molar-refractivity contribution < 1.29 is 13.5 Å². The number of nitrogens with zero attached hydrogens (tertiary/aromatic N) is 3. The van der Waals surface area contributed by atoms with Crippen LogP contribution in [0.1, 0.15) is 83.9 Å². The molecule has 0 radical (unpaired) electrons. The van der Waals surface area contributed by atoms with Gasteiger partial charge >= 0.3 is 0 Å². The molecule has 0 bridgehead atoms. The lowest BCUT2D eigenvalue weighted by Gasteiger charge is -2.30. The maximum absolute atomic E-state index is 12.6. The number of Topliss-reactive ketones (excluding diaryl/α,β-unsaturated/α-hetero) is 1. The van der Waals surface area contributed by atoms with Crippen molar-refractivity contribution in [2.24, 2.45) is 11.1 Å². The number of aromatic nitrogens is 2. The summed E-state index contributed by atoms with van der Waals surface area (Å²) in [7, 11) is 0. The van der Waals surface area contributed by atoms with E-state index in [9.17, 15) is 8.68 Å². The predicted octanol–water partition coefficient (Wildman–Crippen LogP) is 5.48. The number of likely N-dealkylation sites (tertiary alicyclic amines) is 1. The SMILES string of the molecule is CCC(=O)CCCCCCc1ncc(Br)n1SF.CCN1CCC2(CC1)CC2.NC=O. The average molecular weight is 522 g/mol. The Morgan fingerprint density at radius 3 is 2.35 bits per heavy atom. The predicted molar refractivity (Wildman–Crippen MR) is 129 cm³/mol. The number of unbranched alkanes of at least 4 members (excludes halogenated alkanes) is 3. The maximum Gasteiger partial charge on any atom is 0.204 e. The summed E-state index contributed by atoms with van der Waals surface area (Å²) in [4.78, 5) is 26.4. The number of ketones is 1. The van der Waals surface area contributed by atoms with Gasteiger partial charge in [-0.3, -0.25) is 9.59 Å². The molecule has 31 heavy (non-hydrogen) atoms. The summed E-state index contributed by atoms with van der Waals surface area (Å²) in [6, 6.07) is 0. The minimum Gasteiger partial charge on any atom is -0.372 e. The standard InChI is InChI=1S/C12H18BrFN2OS.C9H17N.CH3NO/c1-2-10(17)7-5-3-4-6-8-12-15-9-11(13)16(12)18-14;1-2-10-7-5-9(3-4-9)6-8-10;2-1-3/h9H,2-8H2,1H3;2-8H2,1H3;1H,(H2,2,3). The summed E-state index contributed by atoms with van der Waals surface area (Å²) in [6.45, 7) is 8.17. The number of hydrogen-bond acceptors (Lipinski definition) is 5. The lowest BCUT2D eigenvalue weighted by atomic mass is 9.94. The second-order valence-electron chi connectivity index (χ2n) is 8.24. The number of hydrogen-bond donors (Lipinski definition) is 1. The molecule has 2 aliphatic rings. The largest absolute Gasteiger partial charge is 0.372 e. The summed E-state index contributed by atoms with van der Waals surface area (Å²) in [5, 5.41) is 0. The van der Waals surface area contributed by atoms with E-state index < -0.39 is 0 Å². The Labute approximate surface area is 199 Å². The maximum atomic E-state index is 12.6. The number of piperidine rings is 1. The molecule has 0 aromatic carbocycles. The summed E-state index contributed by atoms with van der Waals surface area (Å²) < 4.78 is 14.7. The molecule has 6 nitrogen and oxygen atoms in total. The van der Waals surface area contributed by atoms with E-state index in [1.54, 1.807) is 6.20 Å². The number of rotatable bonds is 10. The van der Waals surface area contributed by atoms with Crippen molar-refractivity contribution in [3.8, 4) is 0 Å². The van der Waals surface area contributed by atoms with Crippen molar-refractivity contribution in [1.29, 1.82) is 0 Å². The van der Waals surface area contributed by atoms with Crippen LogP contribution in [0.3, 0.4) is 0 Å². The molecule has 1 aliphatic heterocycles. The first kappa shape index (κ1) is 28.1. The zero-order chi connectivity index (χ0) is 23.1. The fourth-order valence-corrected chi connectivity index (χ4v) is 4.55. The van der Waals surface area contributed by atoms with Crippen molar-refractivity contribution in [2.45, 2.75) is 84.5 Å². The Morgan fingerprint density at radius 2 is 1.84 bits per heavy atom. The van der Waals surface area contributed by atoms with Gasteiger partial charge in [0.15, 0.2) is 12.3 Å². The van der Waals surface area contributed by atoms with Crippen LogP contribution in [0.2, 0.25) is 0 Å². The molecule has 2 heterocycles. The molecule has 1 spiro atoms. The van der Waals surface area contributed by atoms with Crippen molar-refractivity contribution in [1.82, 2.24) is 13.9 Å². The summed E-state index contributed by atoms with van der Waals surface area (Å²) in [5.74, 6) is 1.09. The quantitative estimate of drug-likeness (QED) is 0.326. The first-order valence-corrected chi connectivity index (χ1v) is 12.8. The van der Waals surface area contributed by atoms with Gasteiger partial charge in [0, 0.05) is 19.3 Å². The highest BCUT2D eigenvalue weighted by atomic mass is 79.9. The average Bonchev–Trinajstić information content (AvgIpc) is 3.44. The normalized spacial score (nSPS) is 16.6. The van der Waals surface area contributed by atoms with Crippen LogP contribution in [0.15, 0.2) is 10.8 Å². The number of halogens is 2. The van der Waals surface area contributed by atoms with Gasteiger partial charge in [-0.2, -0.15) is 0 Å². The zero-order valence-electron chi connectivity index (χ0n) is 19.0. The first-order chi connectivity index (χ1) is 14.9. The third-order valence-electron chi connectivity index (χ3n) is 6.14. The number of primary amides is 1. The minimum atomic E-state index is 0.167. The molecule has 1 amide bonds. The molecule has 9 heteroatoms. The highest BCUT2D eigenvalue weighted by Crippen LogP contribution is 2.53. The number of imidazole rings is 1. The van der Waals surface area contributed by atoms with Crippen LogP contribution < -0.4 is 5.73 Å². The van der Waals surface area contributed by atoms with Crippen molar-refractivity contribution in [2.75, 3.05) is 19.6 Å². The first-order valence-electron chi connectivity index (χ1n) is 11.4. The molecule has 2 fully saturated rings. The van der Waals surface area contributed by atoms with E-state index in [4.69, 9.17) is 4.79 Å². The van der Waals surface area contributed by atoms with Crippen LogP contribution in [0.25, 0.3) is 0 Å². The zero-order valence-corrected chi connectivity index (χ0v) is 21.4. The van der Waals surface area contributed by atoms with E-state index in [1.807, 2.05) is 6.92 Å². The van der Waals surface area contributed by atoms with Crippen LogP contribution in [-0.2, 0) is 16.0 Å². The molecule has 1 aromatic rings. The second kappa shape index (κ2) is 15.8. The van der Waals surface area contributed by atoms with Gasteiger partial charge in [-0.1, -0.05) is 26.7 Å². The Kier molecular flexibility index (Phi) is 14.3. The van der Waals surface area contributed by atoms with Crippen molar-refractivity contribution in [3.05, 3.63) is 16.6 Å². The fourth-order valence-electron chi connectivity index (χ4n) is 3.75. The molecule has 1 saturated carbocycles. The van der Waals surface area contributed by atoms with Gasteiger partial charge in [0.1, 0.15) is 16.2 Å². The van der Waals surface area contributed by atoms with Gasteiger partial charge in [0.25, 0.3) is 0 Å². The van der Waals surface area contributed by atoms with Crippen molar-refractivity contribution >= 4 is 40.5 Å². The monoisotopic (exact) mass is 520 g/mol. The number of carbonyl (C=O) groups is 2. The van der Waals surface area contributed by atoms with E-state index in [0.717, 1.165) is 43.3 Å². The topological polar surface area (TPSA) is 81.2 Å². The summed E-state index contributed by atoms with van der Waals surface area (Å²) in [6.07, 6.45) is 14.0. The van der Waals surface area contributed by atoms with Crippen LogP contribution in [0.5, 0.6) is 0 Å². The Morgan fingerprint density at radius 1 is 1.23 bits per heavy atom. The highest BCUT2D eigenvalue weighted by molar-refractivity contribution is 9.10. The number of aryl methyl sites for hydroxylation is 1. The van der Waals surface area contributed by atoms with E-state index in [1.165, 1.54) is 49.3 Å². The lowest BCUT2D eigenvalue weighted by Crippen LogP contribution is -2.34. The van der Waals surface area contributed by atoms with Gasteiger partial charge in [-0.15, -0.1) is 3.89 Å². The van der Waals surface area contributed by atoms with Crippen LogP contribution in [-0.4, -0.2) is 45.7 Å². The van der Waals surface area contributed by atoms with Crippen LogP contribution in [0, 0.1) is 5.41 Å². The number of carbonyl (C=O) groups excluding carboxylic acids is 2. The molecule has 1 aromatic heterocycles. The van der Waals surface area contributed by atoms with Gasteiger partial charge in [-0.25, -0.2) is 8.96 Å². The highest BCUT2D eigenvalue weighted by Gasteiger charge is 2.43. The van der Waals surface area contributed by atoms with E-state index in [-0.39, 0.29) is 18.7 Å². The molecule has 1 aliphatic carbocycles. The third kappa shape index (κ3) is 11.0. The Bertz CT molecular complexity index is 645. The van der Waals surface area contributed by atoms with Gasteiger partial charge < -0.3 is 10.6 Å². The molecule has 1 saturated heterocycles. The molecular formula is C22H38BrFN4O2S. The fraction of sp³-hybridized carbons (Fsp3) is 0.773. The molecular weight excluding hydrogens is 483 g/mol. The summed E-state index contributed by atoms with van der Waals surface area (Å²) in [5.41, 5.74) is 5.03. The van der Waals surface area contributed by atoms with Crippen LogP contribution in [0.4, 0.5) is 3.89 Å². The van der Waals surface area contributed by atoms with Gasteiger partial charge in [0.05, 0.1) is 6.20 Å². The van der Waals surface area contributed by atoms with Crippen molar-refractivity contribution in [3.63, 3.8) is 0 Å². The summed E-state index contributed by atoms with van der Waals surface area (Å²) >= 11 is 3.40. The van der Waals surface area contributed by atoms with Gasteiger partial charge in [0.2, 0.25) is 6.41 Å². The van der Waals surface area contributed by atoms with E-state index in [2.05, 4.69) is 38.5 Å². The lowest BCUT2D eigenvalue weighted by molar-refractivity contribution is -0.118. The molecule has 178 valence electrons. The number of amides is 1. The second-order valence-corrected chi connectivity index (χ2v) is 9.55. The molecule has 0 unspecified atom stereocenters. The molecule has 3 rings (SSSR count). The number of nitrogens with two attached hydrogens (primary N) is 1. The van der Waals surface area contributed by atoms with E-state index >= 15 is 0 Å². The third-order valence-corrected chi connectivity index (χ3v) is 7.48. The minimum absolute atomic E-state index is 0.167. The molecule has 2 N–H and O–H groups in total. The van der Waals surface area contributed by atoms with Gasteiger partial charge in [-0.05, 0) is 79.5 Å². The van der Waals surface area contributed by atoms with E-state index in [0.29, 0.717) is 23.2 Å². The Balaban J connectivity index is 0.000000307.